The maximum atomic E-state index is 14.0. The van der Waals surface area contributed by atoms with E-state index < -0.39 is 17.5 Å². The van der Waals surface area contributed by atoms with E-state index in [1.807, 2.05) is 18.7 Å². The molecular weight excluding hydrogens is 518 g/mol. The molecule has 0 aromatic heterocycles. The van der Waals surface area contributed by atoms with E-state index in [0.29, 0.717) is 24.3 Å². The summed E-state index contributed by atoms with van der Waals surface area (Å²) in [6, 6.07) is 18.0. The van der Waals surface area contributed by atoms with Crippen molar-refractivity contribution in [1.82, 2.24) is 0 Å². The normalized spacial score (nSPS) is 10.5. The molecule has 0 amide bonds. The quantitative estimate of drug-likeness (QED) is 0.134. The molecule has 2 N–H and O–H groups in total. The number of rotatable bonds is 13. The van der Waals surface area contributed by atoms with Gasteiger partial charge in [-0.05, 0) is 58.4 Å². The number of phenolic OH excluding ortho intramolecular Hbond substituents is 1. The number of aliphatic hydroxyl groups excluding tert-OH is 1. The number of anilines is 1. The largest absolute Gasteiger partial charge is 0.507 e. The SMILES string of the molecule is CC(C)O.CCCCCCOC(=O)c1ccc(N(CC)CC)c(C(=O)c2ccccc2O)c1C(=O)c1ccccc1. The third kappa shape index (κ3) is 9.29. The number of esters is 1. The van der Waals surface area contributed by atoms with Gasteiger partial charge in [0, 0.05) is 30.4 Å². The Hall–Kier alpha value is -3.97. The van der Waals surface area contributed by atoms with Gasteiger partial charge in [0.2, 0.25) is 0 Å². The van der Waals surface area contributed by atoms with Crippen molar-refractivity contribution in [3.05, 3.63) is 94.5 Å². The van der Waals surface area contributed by atoms with E-state index in [-0.39, 0.29) is 40.7 Å². The Morgan fingerprint density at radius 3 is 1.95 bits per heavy atom. The Kier molecular flexibility index (Phi) is 13.8. The smallest absolute Gasteiger partial charge is 0.338 e. The lowest BCUT2D eigenvalue weighted by Gasteiger charge is -2.26. The van der Waals surface area contributed by atoms with Gasteiger partial charge in [-0.2, -0.15) is 0 Å². The van der Waals surface area contributed by atoms with Crippen LogP contribution in [-0.2, 0) is 4.74 Å². The first-order chi connectivity index (χ1) is 19.7. The zero-order valence-corrected chi connectivity index (χ0v) is 24.9. The number of ketones is 2. The van der Waals surface area contributed by atoms with E-state index in [2.05, 4.69) is 6.92 Å². The molecule has 0 saturated carbocycles. The van der Waals surface area contributed by atoms with Crippen LogP contribution in [-0.4, -0.2) is 53.5 Å². The summed E-state index contributed by atoms with van der Waals surface area (Å²) in [5, 5.41) is 18.5. The molecule has 0 spiro atoms. The van der Waals surface area contributed by atoms with E-state index >= 15 is 0 Å². The predicted molar refractivity (Wildman–Crippen MR) is 163 cm³/mol. The summed E-state index contributed by atoms with van der Waals surface area (Å²) in [5.41, 5.74) is 1.04. The van der Waals surface area contributed by atoms with Crippen LogP contribution in [0.5, 0.6) is 5.75 Å². The summed E-state index contributed by atoms with van der Waals surface area (Å²) in [4.78, 5) is 43.2. The molecule has 3 aromatic rings. The van der Waals surface area contributed by atoms with Crippen LogP contribution >= 0.6 is 0 Å². The molecule has 0 bridgehead atoms. The van der Waals surface area contributed by atoms with Crippen molar-refractivity contribution >= 4 is 23.2 Å². The first-order valence-electron chi connectivity index (χ1n) is 14.4. The van der Waals surface area contributed by atoms with Gasteiger partial charge in [-0.25, -0.2) is 4.79 Å². The average molecular weight is 562 g/mol. The molecule has 0 aliphatic carbocycles. The molecule has 0 heterocycles. The summed E-state index contributed by atoms with van der Waals surface area (Å²) >= 11 is 0. The maximum absolute atomic E-state index is 14.0. The van der Waals surface area contributed by atoms with Gasteiger partial charge in [-0.1, -0.05) is 68.7 Å². The Balaban J connectivity index is 0.00000138. The van der Waals surface area contributed by atoms with Crippen LogP contribution in [0.15, 0.2) is 66.7 Å². The highest BCUT2D eigenvalue weighted by Gasteiger charge is 2.31. The second-order valence-electron chi connectivity index (χ2n) is 9.89. The van der Waals surface area contributed by atoms with E-state index in [9.17, 15) is 19.5 Å². The minimum absolute atomic E-state index is 0.0117. The number of carbonyl (C=O) groups excluding carboxylic acids is 3. The van der Waals surface area contributed by atoms with Crippen molar-refractivity contribution in [3.63, 3.8) is 0 Å². The fourth-order valence-electron chi connectivity index (χ4n) is 4.36. The van der Waals surface area contributed by atoms with Gasteiger partial charge >= 0.3 is 5.97 Å². The van der Waals surface area contributed by atoms with E-state index in [0.717, 1.165) is 25.7 Å². The third-order valence-corrected chi connectivity index (χ3v) is 6.38. The molecule has 220 valence electrons. The van der Waals surface area contributed by atoms with Crippen LogP contribution in [0.4, 0.5) is 5.69 Å². The van der Waals surface area contributed by atoms with Crippen LogP contribution in [0.3, 0.4) is 0 Å². The van der Waals surface area contributed by atoms with Crippen molar-refractivity contribution in [1.29, 1.82) is 0 Å². The fourth-order valence-corrected chi connectivity index (χ4v) is 4.36. The molecule has 7 nitrogen and oxygen atoms in total. The molecule has 0 fully saturated rings. The van der Waals surface area contributed by atoms with E-state index in [1.165, 1.54) is 12.1 Å². The van der Waals surface area contributed by atoms with Gasteiger partial charge in [0.05, 0.1) is 28.9 Å². The van der Waals surface area contributed by atoms with Crippen molar-refractivity contribution < 1.29 is 29.3 Å². The van der Waals surface area contributed by atoms with Crippen molar-refractivity contribution in [2.75, 3.05) is 24.6 Å². The van der Waals surface area contributed by atoms with Crippen LogP contribution in [0.1, 0.15) is 103 Å². The number of aliphatic hydroxyl groups is 1. The van der Waals surface area contributed by atoms with Gasteiger partial charge < -0.3 is 19.8 Å². The van der Waals surface area contributed by atoms with Gasteiger partial charge in [0.15, 0.2) is 11.6 Å². The molecule has 3 rings (SSSR count). The van der Waals surface area contributed by atoms with Crippen LogP contribution < -0.4 is 4.90 Å². The molecule has 0 unspecified atom stereocenters. The Bertz CT molecular complexity index is 1280. The lowest BCUT2D eigenvalue weighted by Crippen LogP contribution is -2.27. The topological polar surface area (TPSA) is 104 Å². The molecule has 0 aliphatic heterocycles. The number of phenols is 1. The van der Waals surface area contributed by atoms with Crippen molar-refractivity contribution in [2.45, 2.75) is 66.4 Å². The molecular formula is C34H43NO6. The minimum atomic E-state index is -0.645. The third-order valence-electron chi connectivity index (χ3n) is 6.38. The fraction of sp³-hybridized carbons (Fsp3) is 0.382. The number of hydrogen-bond donors (Lipinski definition) is 2. The lowest BCUT2D eigenvalue weighted by molar-refractivity contribution is 0.0495. The van der Waals surface area contributed by atoms with Crippen molar-refractivity contribution in [2.24, 2.45) is 0 Å². The average Bonchev–Trinajstić information content (AvgIpc) is 2.97. The van der Waals surface area contributed by atoms with Crippen molar-refractivity contribution in [3.8, 4) is 5.75 Å². The molecule has 0 saturated heterocycles. The summed E-state index contributed by atoms with van der Waals surface area (Å²) in [6.07, 6.45) is 3.61. The molecule has 7 heteroatoms. The minimum Gasteiger partial charge on any atom is -0.507 e. The van der Waals surface area contributed by atoms with E-state index in [1.54, 1.807) is 68.4 Å². The molecule has 0 radical (unpaired) electrons. The highest BCUT2D eigenvalue weighted by atomic mass is 16.5. The summed E-state index contributed by atoms with van der Waals surface area (Å²) < 4.78 is 5.55. The van der Waals surface area contributed by atoms with Gasteiger partial charge in [-0.15, -0.1) is 0 Å². The number of carbonyl (C=O) groups is 3. The van der Waals surface area contributed by atoms with E-state index in [4.69, 9.17) is 9.84 Å². The number of ether oxygens (including phenoxy) is 1. The second-order valence-corrected chi connectivity index (χ2v) is 9.89. The number of para-hydroxylation sites is 1. The Morgan fingerprint density at radius 1 is 0.756 bits per heavy atom. The summed E-state index contributed by atoms with van der Waals surface area (Å²) in [5.74, 6) is -1.82. The monoisotopic (exact) mass is 561 g/mol. The molecule has 3 aromatic carbocycles. The first-order valence-corrected chi connectivity index (χ1v) is 14.4. The summed E-state index contributed by atoms with van der Waals surface area (Å²) in [6.45, 7) is 10.9. The number of benzene rings is 3. The van der Waals surface area contributed by atoms with Crippen LogP contribution in [0.25, 0.3) is 0 Å². The summed E-state index contributed by atoms with van der Waals surface area (Å²) in [7, 11) is 0. The molecule has 0 aliphatic rings. The highest BCUT2D eigenvalue weighted by Crippen LogP contribution is 2.33. The predicted octanol–water partition coefficient (Wildman–Crippen LogP) is 6.82. The number of unbranched alkanes of at least 4 members (excludes halogenated alkanes) is 3. The Labute approximate surface area is 243 Å². The Morgan fingerprint density at radius 2 is 1.37 bits per heavy atom. The molecule has 41 heavy (non-hydrogen) atoms. The van der Waals surface area contributed by atoms with Gasteiger partial charge in [0.25, 0.3) is 0 Å². The second kappa shape index (κ2) is 17.0. The standard InChI is InChI=1S/C31H35NO5.C3H8O/c1-4-7-8-14-21-37-31(36)24-19-20-25(32(5-2)6-3)28(30(35)23-17-12-13-18-26(23)33)27(24)29(34)22-15-10-9-11-16-22;1-3(2)4/h9-13,15-20,33H,4-8,14,21H2,1-3H3;3-4H,1-2H3. The van der Waals surface area contributed by atoms with Gasteiger partial charge in [-0.3, -0.25) is 9.59 Å². The zero-order valence-electron chi connectivity index (χ0n) is 24.9. The maximum Gasteiger partial charge on any atom is 0.338 e. The van der Waals surface area contributed by atoms with Crippen LogP contribution in [0, 0.1) is 0 Å². The van der Waals surface area contributed by atoms with Crippen LogP contribution in [0.2, 0.25) is 0 Å². The number of nitrogens with zero attached hydrogens (tertiary/aromatic N) is 1. The first kappa shape index (κ1) is 33.2. The number of aromatic hydroxyl groups is 1. The van der Waals surface area contributed by atoms with Gasteiger partial charge in [0.1, 0.15) is 5.75 Å². The number of hydrogen-bond acceptors (Lipinski definition) is 7. The highest BCUT2D eigenvalue weighted by molar-refractivity contribution is 6.25. The zero-order chi connectivity index (χ0) is 30.4. The molecule has 0 atom stereocenters. The lowest BCUT2D eigenvalue weighted by atomic mass is 9.87.